The number of hydrogen-bond acceptors (Lipinski definition) is 3. The van der Waals surface area contributed by atoms with Gasteiger partial charge in [0.05, 0.1) is 0 Å². The number of carbonyl (C=O) groups excluding carboxylic acids is 1. The maximum Gasteiger partial charge on any atom is 0.253 e. The van der Waals surface area contributed by atoms with Gasteiger partial charge in [0.25, 0.3) is 5.91 Å². The van der Waals surface area contributed by atoms with Gasteiger partial charge in [-0.05, 0) is 32.0 Å². The summed E-state index contributed by atoms with van der Waals surface area (Å²) in [4.78, 5) is 16.6. The molecule has 0 aliphatic carbocycles. The van der Waals surface area contributed by atoms with Crippen LogP contribution < -0.4 is 5.73 Å². The van der Waals surface area contributed by atoms with Crippen LogP contribution in [0.4, 0.5) is 0 Å². The van der Waals surface area contributed by atoms with Gasteiger partial charge in [-0.2, -0.15) is 0 Å². The van der Waals surface area contributed by atoms with Crippen LogP contribution in [-0.2, 0) is 0 Å². The Kier molecular flexibility index (Phi) is 6.99. The Balaban J connectivity index is 0.00000200. The predicted octanol–water partition coefficient (Wildman–Crippen LogP) is 1.60. The first-order chi connectivity index (χ1) is 9.22. The fraction of sp³-hybridized carbons (Fsp3) is 0.533. The lowest BCUT2D eigenvalue weighted by atomic mass is 10.0. The smallest absolute Gasteiger partial charge is 0.253 e. The van der Waals surface area contributed by atoms with E-state index in [1.807, 2.05) is 35.2 Å². The van der Waals surface area contributed by atoms with E-state index in [-0.39, 0.29) is 18.3 Å². The number of likely N-dealkylation sites (N-methyl/N-ethyl adjacent to an activating group) is 1. The Hall–Kier alpha value is -1.10. The number of halogens is 1. The molecule has 1 amide bonds. The molecule has 1 aromatic carbocycles. The molecule has 112 valence electrons. The van der Waals surface area contributed by atoms with Crippen molar-refractivity contribution in [3.8, 4) is 0 Å². The Labute approximate surface area is 127 Å². The topological polar surface area (TPSA) is 49.6 Å². The maximum atomic E-state index is 12.3. The first-order valence-electron chi connectivity index (χ1n) is 6.97. The van der Waals surface area contributed by atoms with Crippen molar-refractivity contribution in [3.63, 3.8) is 0 Å². The Morgan fingerprint density at radius 3 is 2.45 bits per heavy atom. The molecule has 0 bridgehead atoms. The van der Waals surface area contributed by atoms with E-state index < -0.39 is 0 Å². The standard InChI is InChI=1S/C15H23N3O.ClH/c1-17(12-9-16)14-7-10-18(11-8-14)15(19)13-5-3-2-4-6-13;/h2-6,14H,7-12,16H2,1H3;1H. The number of piperidine rings is 1. The van der Waals surface area contributed by atoms with Crippen LogP contribution in [0, 0.1) is 0 Å². The first kappa shape index (κ1) is 17.0. The number of likely N-dealkylation sites (tertiary alicyclic amines) is 1. The molecule has 1 heterocycles. The minimum absolute atomic E-state index is 0. The van der Waals surface area contributed by atoms with Gasteiger partial charge >= 0.3 is 0 Å². The maximum absolute atomic E-state index is 12.3. The summed E-state index contributed by atoms with van der Waals surface area (Å²) < 4.78 is 0. The van der Waals surface area contributed by atoms with Gasteiger partial charge in [-0.15, -0.1) is 12.4 Å². The van der Waals surface area contributed by atoms with Crippen LogP contribution in [0.1, 0.15) is 23.2 Å². The summed E-state index contributed by atoms with van der Waals surface area (Å²) in [7, 11) is 2.12. The molecule has 4 nitrogen and oxygen atoms in total. The molecule has 5 heteroatoms. The van der Waals surface area contributed by atoms with Gasteiger partial charge in [-0.25, -0.2) is 0 Å². The van der Waals surface area contributed by atoms with Crippen molar-refractivity contribution in [1.82, 2.24) is 9.80 Å². The second-order valence-electron chi connectivity index (χ2n) is 5.16. The van der Waals surface area contributed by atoms with Crippen molar-refractivity contribution in [2.75, 3.05) is 33.2 Å². The van der Waals surface area contributed by atoms with Crippen LogP contribution in [0.15, 0.2) is 30.3 Å². The van der Waals surface area contributed by atoms with Crippen LogP contribution in [0.2, 0.25) is 0 Å². The van der Waals surface area contributed by atoms with Gasteiger partial charge in [0, 0.05) is 37.8 Å². The summed E-state index contributed by atoms with van der Waals surface area (Å²) >= 11 is 0. The molecule has 1 aromatic rings. The van der Waals surface area contributed by atoms with Crippen LogP contribution >= 0.6 is 12.4 Å². The van der Waals surface area contributed by atoms with Crippen LogP contribution in [0.25, 0.3) is 0 Å². The van der Waals surface area contributed by atoms with E-state index in [2.05, 4.69) is 11.9 Å². The zero-order valence-electron chi connectivity index (χ0n) is 12.0. The van der Waals surface area contributed by atoms with E-state index in [9.17, 15) is 4.79 Å². The fourth-order valence-electron chi connectivity index (χ4n) is 2.66. The van der Waals surface area contributed by atoms with Crippen molar-refractivity contribution in [2.45, 2.75) is 18.9 Å². The minimum Gasteiger partial charge on any atom is -0.339 e. The summed E-state index contributed by atoms with van der Waals surface area (Å²) in [6, 6.07) is 10.1. The molecule has 0 aromatic heterocycles. The zero-order valence-corrected chi connectivity index (χ0v) is 12.8. The van der Waals surface area contributed by atoms with Gasteiger partial charge in [0.15, 0.2) is 0 Å². The normalized spacial score (nSPS) is 16.1. The van der Waals surface area contributed by atoms with Gasteiger partial charge in [-0.1, -0.05) is 18.2 Å². The van der Waals surface area contributed by atoms with E-state index in [0.717, 1.165) is 38.0 Å². The molecule has 1 saturated heterocycles. The number of benzene rings is 1. The van der Waals surface area contributed by atoms with E-state index in [0.29, 0.717) is 12.6 Å². The second kappa shape index (κ2) is 8.25. The highest BCUT2D eigenvalue weighted by atomic mass is 35.5. The highest BCUT2D eigenvalue weighted by molar-refractivity contribution is 5.94. The van der Waals surface area contributed by atoms with Gasteiger partial charge in [-0.3, -0.25) is 4.79 Å². The molecular weight excluding hydrogens is 274 g/mol. The Bertz CT molecular complexity index is 405. The number of nitrogens with zero attached hydrogens (tertiary/aromatic N) is 2. The monoisotopic (exact) mass is 297 g/mol. The Morgan fingerprint density at radius 1 is 1.30 bits per heavy atom. The van der Waals surface area contributed by atoms with E-state index in [4.69, 9.17) is 5.73 Å². The molecule has 20 heavy (non-hydrogen) atoms. The van der Waals surface area contributed by atoms with E-state index in [1.54, 1.807) is 0 Å². The lowest BCUT2D eigenvalue weighted by Crippen LogP contribution is -2.46. The van der Waals surface area contributed by atoms with Gasteiger partial charge in [0.2, 0.25) is 0 Å². The van der Waals surface area contributed by atoms with Crippen LogP contribution in [-0.4, -0.2) is 55.0 Å². The molecule has 0 spiro atoms. The first-order valence-corrected chi connectivity index (χ1v) is 6.97. The summed E-state index contributed by atoms with van der Waals surface area (Å²) in [5.74, 6) is 0.153. The molecule has 0 saturated carbocycles. The summed E-state index contributed by atoms with van der Waals surface area (Å²) in [5.41, 5.74) is 6.37. The molecule has 2 rings (SSSR count). The van der Waals surface area contributed by atoms with Crippen LogP contribution in [0.5, 0.6) is 0 Å². The lowest BCUT2D eigenvalue weighted by molar-refractivity contribution is 0.0648. The number of hydrogen-bond donors (Lipinski definition) is 1. The largest absolute Gasteiger partial charge is 0.339 e. The van der Waals surface area contributed by atoms with Crippen molar-refractivity contribution >= 4 is 18.3 Å². The molecule has 0 atom stereocenters. The van der Waals surface area contributed by atoms with Crippen molar-refractivity contribution < 1.29 is 4.79 Å². The van der Waals surface area contributed by atoms with Crippen molar-refractivity contribution in [2.24, 2.45) is 5.73 Å². The molecule has 0 unspecified atom stereocenters. The van der Waals surface area contributed by atoms with Crippen LogP contribution in [0.3, 0.4) is 0 Å². The third kappa shape index (κ3) is 4.20. The number of amides is 1. The molecule has 2 N–H and O–H groups in total. The minimum atomic E-state index is 0. The number of rotatable bonds is 4. The van der Waals surface area contributed by atoms with E-state index >= 15 is 0 Å². The average molecular weight is 298 g/mol. The molecule has 1 fully saturated rings. The fourth-order valence-corrected chi connectivity index (χ4v) is 2.66. The van der Waals surface area contributed by atoms with E-state index in [1.165, 1.54) is 0 Å². The third-order valence-corrected chi connectivity index (χ3v) is 3.88. The quantitative estimate of drug-likeness (QED) is 0.918. The zero-order chi connectivity index (χ0) is 13.7. The Morgan fingerprint density at radius 2 is 1.90 bits per heavy atom. The molecule has 1 aliphatic rings. The van der Waals surface area contributed by atoms with Gasteiger partial charge < -0.3 is 15.5 Å². The number of carbonyl (C=O) groups is 1. The highest BCUT2D eigenvalue weighted by Crippen LogP contribution is 2.17. The summed E-state index contributed by atoms with van der Waals surface area (Å²) in [5, 5.41) is 0. The van der Waals surface area contributed by atoms with Gasteiger partial charge in [0.1, 0.15) is 0 Å². The second-order valence-corrected chi connectivity index (χ2v) is 5.16. The van der Waals surface area contributed by atoms with Crippen molar-refractivity contribution in [1.29, 1.82) is 0 Å². The third-order valence-electron chi connectivity index (χ3n) is 3.88. The summed E-state index contributed by atoms with van der Waals surface area (Å²) in [6.45, 7) is 3.30. The molecule has 1 aliphatic heterocycles. The summed E-state index contributed by atoms with van der Waals surface area (Å²) in [6.07, 6.45) is 2.07. The molecular formula is C15H24ClN3O. The average Bonchev–Trinajstić information content (AvgIpc) is 2.48. The number of nitrogens with two attached hydrogens (primary N) is 1. The highest BCUT2D eigenvalue weighted by Gasteiger charge is 2.25. The lowest BCUT2D eigenvalue weighted by Gasteiger charge is -2.36. The predicted molar refractivity (Wildman–Crippen MR) is 84.3 cm³/mol. The molecule has 0 radical (unpaired) electrons. The van der Waals surface area contributed by atoms with Crippen molar-refractivity contribution in [3.05, 3.63) is 35.9 Å². The SMILES string of the molecule is CN(CCN)C1CCN(C(=O)c2ccccc2)CC1.Cl.